The summed E-state index contributed by atoms with van der Waals surface area (Å²) in [6.07, 6.45) is 3.96. The SMILES string of the molecule is Cc1cn2c(n1)[C@@H](CNS(=O)(=O)N(C)C[C@H](C)C#N)CCC2. The molecule has 0 saturated heterocycles. The van der Waals surface area contributed by atoms with Crippen molar-refractivity contribution >= 4 is 10.2 Å². The number of aromatic nitrogens is 2. The van der Waals surface area contributed by atoms with Gasteiger partial charge in [0.1, 0.15) is 5.82 Å². The highest BCUT2D eigenvalue weighted by Crippen LogP contribution is 2.26. The van der Waals surface area contributed by atoms with E-state index >= 15 is 0 Å². The summed E-state index contributed by atoms with van der Waals surface area (Å²) in [6, 6.07) is 2.04. The maximum atomic E-state index is 12.2. The fourth-order valence-electron chi connectivity index (χ4n) is 2.74. The lowest BCUT2D eigenvalue weighted by atomic mass is 9.99. The van der Waals surface area contributed by atoms with E-state index in [1.54, 1.807) is 6.92 Å². The van der Waals surface area contributed by atoms with Crippen LogP contribution in [0.15, 0.2) is 6.20 Å². The first kappa shape index (κ1) is 16.9. The molecule has 2 rings (SSSR count). The third-order valence-electron chi connectivity index (χ3n) is 3.92. The van der Waals surface area contributed by atoms with E-state index in [2.05, 4.69) is 14.3 Å². The minimum atomic E-state index is -3.57. The number of imidazole rings is 1. The smallest absolute Gasteiger partial charge is 0.279 e. The molecule has 0 aliphatic carbocycles. The Balaban J connectivity index is 1.99. The predicted octanol–water partition coefficient (Wildman–Crippen LogP) is 0.995. The van der Waals surface area contributed by atoms with Crippen LogP contribution in [-0.2, 0) is 16.8 Å². The second kappa shape index (κ2) is 6.77. The molecule has 0 amide bonds. The van der Waals surface area contributed by atoms with E-state index in [-0.39, 0.29) is 18.4 Å². The van der Waals surface area contributed by atoms with Crippen LogP contribution in [-0.4, -0.2) is 42.4 Å². The topological polar surface area (TPSA) is 91.0 Å². The summed E-state index contributed by atoms with van der Waals surface area (Å²) in [5.41, 5.74) is 0.963. The number of fused-ring (bicyclic) bond motifs is 1. The van der Waals surface area contributed by atoms with Gasteiger partial charge in [0.15, 0.2) is 0 Å². The van der Waals surface area contributed by atoms with E-state index in [9.17, 15) is 8.42 Å². The Morgan fingerprint density at radius 1 is 1.64 bits per heavy atom. The molecule has 2 heterocycles. The predicted molar refractivity (Wildman–Crippen MR) is 83.3 cm³/mol. The van der Waals surface area contributed by atoms with Crippen LogP contribution in [0.4, 0.5) is 0 Å². The van der Waals surface area contributed by atoms with Crippen LogP contribution in [0.1, 0.15) is 37.2 Å². The lowest BCUT2D eigenvalue weighted by Crippen LogP contribution is -2.42. The molecule has 1 aliphatic heterocycles. The number of nitrogens with zero attached hydrogens (tertiary/aromatic N) is 4. The fraction of sp³-hybridized carbons (Fsp3) is 0.714. The van der Waals surface area contributed by atoms with Crippen LogP contribution in [0.25, 0.3) is 0 Å². The molecular weight excluding hydrogens is 302 g/mol. The highest BCUT2D eigenvalue weighted by atomic mass is 32.2. The van der Waals surface area contributed by atoms with E-state index in [0.29, 0.717) is 6.54 Å². The summed E-state index contributed by atoms with van der Waals surface area (Å²) in [6.45, 7) is 5.11. The summed E-state index contributed by atoms with van der Waals surface area (Å²) < 4.78 is 30.4. The Morgan fingerprint density at radius 3 is 3.05 bits per heavy atom. The Bertz CT molecular complexity index is 661. The molecule has 0 spiro atoms. The summed E-state index contributed by atoms with van der Waals surface area (Å²) in [7, 11) is -2.08. The third-order valence-corrected chi connectivity index (χ3v) is 5.42. The monoisotopic (exact) mass is 325 g/mol. The van der Waals surface area contributed by atoms with Gasteiger partial charge in [-0.25, -0.2) is 9.71 Å². The Hall–Kier alpha value is -1.43. The first-order valence-electron chi connectivity index (χ1n) is 7.47. The summed E-state index contributed by atoms with van der Waals surface area (Å²) in [5, 5.41) is 8.79. The van der Waals surface area contributed by atoms with Crippen molar-refractivity contribution in [2.45, 2.75) is 39.2 Å². The summed E-state index contributed by atoms with van der Waals surface area (Å²) in [5.74, 6) is 0.719. The van der Waals surface area contributed by atoms with Gasteiger partial charge in [0.2, 0.25) is 0 Å². The van der Waals surface area contributed by atoms with Gasteiger partial charge >= 0.3 is 0 Å². The highest BCUT2D eigenvalue weighted by Gasteiger charge is 2.26. The van der Waals surface area contributed by atoms with Crippen LogP contribution in [0, 0.1) is 24.2 Å². The average molecular weight is 325 g/mol. The second-order valence-electron chi connectivity index (χ2n) is 5.94. The van der Waals surface area contributed by atoms with Crippen LogP contribution in [0.3, 0.4) is 0 Å². The molecule has 1 N–H and O–H groups in total. The molecule has 1 aromatic rings. The molecule has 8 heteroatoms. The number of rotatable bonds is 6. The maximum Gasteiger partial charge on any atom is 0.279 e. The largest absolute Gasteiger partial charge is 0.334 e. The number of aryl methyl sites for hydroxylation is 2. The molecule has 1 aliphatic rings. The van der Waals surface area contributed by atoms with Gasteiger partial charge in [0.25, 0.3) is 10.2 Å². The van der Waals surface area contributed by atoms with Gasteiger partial charge in [-0.3, -0.25) is 0 Å². The first-order valence-corrected chi connectivity index (χ1v) is 8.91. The molecule has 0 saturated carbocycles. The van der Waals surface area contributed by atoms with Crippen molar-refractivity contribution in [2.75, 3.05) is 20.1 Å². The normalized spacial score (nSPS) is 19.7. The van der Waals surface area contributed by atoms with Crippen LogP contribution < -0.4 is 4.72 Å². The molecule has 0 unspecified atom stereocenters. The van der Waals surface area contributed by atoms with E-state index in [0.717, 1.165) is 30.9 Å². The minimum Gasteiger partial charge on any atom is -0.334 e. The quantitative estimate of drug-likeness (QED) is 0.844. The molecular formula is C14H23N5O2S. The van der Waals surface area contributed by atoms with Gasteiger partial charge in [-0.05, 0) is 26.7 Å². The Labute approximate surface area is 132 Å². The van der Waals surface area contributed by atoms with Gasteiger partial charge in [0.05, 0.1) is 17.7 Å². The molecule has 122 valence electrons. The standard InChI is InChI=1S/C14H23N5O2S/c1-11(7-15)9-18(3)22(20,21)16-8-13-5-4-6-19-10-12(2)17-14(13)19/h10-11,13,16H,4-6,8-9H2,1-3H3/t11-,13-/m1/s1. The van der Waals surface area contributed by atoms with Gasteiger partial charge in [-0.1, -0.05) is 0 Å². The van der Waals surface area contributed by atoms with Crippen LogP contribution in [0.5, 0.6) is 0 Å². The molecule has 0 fully saturated rings. The molecule has 0 bridgehead atoms. The molecule has 2 atom stereocenters. The van der Waals surface area contributed by atoms with E-state index in [1.807, 2.05) is 19.2 Å². The zero-order chi connectivity index (χ0) is 16.3. The molecule has 0 radical (unpaired) electrons. The lowest BCUT2D eigenvalue weighted by Gasteiger charge is -2.25. The van der Waals surface area contributed by atoms with E-state index < -0.39 is 10.2 Å². The van der Waals surface area contributed by atoms with Crippen molar-refractivity contribution in [3.05, 3.63) is 17.7 Å². The van der Waals surface area contributed by atoms with Crippen LogP contribution >= 0.6 is 0 Å². The number of hydrogen-bond acceptors (Lipinski definition) is 4. The average Bonchev–Trinajstić information content (AvgIpc) is 2.85. The van der Waals surface area contributed by atoms with E-state index in [4.69, 9.17) is 5.26 Å². The number of nitrogens with one attached hydrogen (secondary N) is 1. The summed E-state index contributed by atoms with van der Waals surface area (Å²) >= 11 is 0. The molecule has 0 aromatic carbocycles. The third kappa shape index (κ3) is 3.85. The van der Waals surface area contributed by atoms with Gasteiger partial charge in [-0.2, -0.15) is 18.0 Å². The van der Waals surface area contributed by atoms with Crippen molar-refractivity contribution in [3.8, 4) is 6.07 Å². The van der Waals surface area contributed by atoms with Gasteiger partial charge in [-0.15, -0.1) is 0 Å². The highest BCUT2D eigenvalue weighted by molar-refractivity contribution is 7.87. The summed E-state index contributed by atoms with van der Waals surface area (Å²) in [4.78, 5) is 4.51. The number of nitriles is 1. The fourth-order valence-corrected chi connectivity index (χ4v) is 3.79. The lowest BCUT2D eigenvalue weighted by molar-refractivity contribution is 0.411. The van der Waals surface area contributed by atoms with Crippen molar-refractivity contribution in [1.29, 1.82) is 5.26 Å². The molecule has 7 nitrogen and oxygen atoms in total. The first-order chi connectivity index (χ1) is 10.3. The number of hydrogen-bond donors (Lipinski definition) is 1. The van der Waals surface area contributed by atoms with Crippen molar-refractivity contribution in [3.63, 3.8) is 0 Å². The molecule has 22 heavy (non-hydrogen) atoms. The Morgan fingerprint density at radius 2 is 2.36 bits per heavy atom. The molecule has 1 aromatic heterocycles. The second-order valence-corrected chi connectivity index (χ2v) is 7.80. The maximum absolute atomic E-state index is 12.2. The van der Waals surface area contributed by atoms with Crippen molar-refractivity contribution < 1.29 is 8.42 Å². The Kier molecular flexibility index (Phi) is 5.21. The zero-order valence-electron chi connectivity index (χ0n) is 13.3. The van der Waals surface area contributed by atoms with Crippen molar-refractivity contribution in [1.82, 2.24) is 18.6 Å². The van der Waals surface area contributed by atoms with Gasteiger partial charge in [0, 0.05) is 38.8 Å². The minimum absolute atomic E-state index is 0.0963. The zero-order valence-corrected chi connectivity index (χ0v) is 14.1. The van der Waals surface area contributed by atoms with E-state index in [1.165, 1.54) is 11.4 Å². The van der Waals surface area contributed by atoms with Crippen molar-refractivity contribution in [2.24, 2.45) is 5.92 Å². The van der Waals surface area contributed by atoms with Gasteiger partial charge < -0.3 is 4.57 Å². The van der Waals surface area contributed by atoms with Crippen LogP contribution in [0.2, 0.25) is 0 Å².